The van der Waals surface area contributed by atoms with Gasteiger partial charge in [0, 0.05) is 11.4 Å². The first-order valence-electron chi connectivity index (χ1n) is 9.47. The normalized spacial score (nSPS) is 12.1. The van der Waals surface area contributed by atoms with Gasteiger partial charge < -0.3 is 10.1 Å². The third-order valence-corrected chi connectivity index (χ3v) is 5.87. The molecular formula is C23H24N2O4S. The average molecular weight is 425 g/mol. The van der Waals surface area contributed by atoms with E-state index in [9.17, 15) is 13.2 Å². The van der Waals surface area contributed by atoms with Crippen LogP contribution in [0.5, 0.6) is 5.75 Å². The molecule has 0 heterocycles. The predicted molar refractivity (Wildman–Crippen MR) is 118 cm³/mol. The van der Waals surface area contributed by atoms with E-state index >= 15 is 0 Å². The molecule has 30 heavy (non-hydrogen) atoms. The SMILES string of the molecule is Cc1ccc(C)c(O[C@H](C)C(=O)Nc2ccc(S(=O)(=O)Nc3ccccc3)cc2)c1. The summed E-state index contributed by atoms with van der Waals surface area (Å²) < 4.78 is 33.3. The summed E-state index contributed by atoms with van der Waals surface area (Å²) >= 11 is 0. The van der Waals surface area contributed by atoms with Crippen LogP contribution in [0.2, 0.25) is 0 Å². The summed E-state index contributed by atoms with van der Waals surface area (Å²) in [5.74, 6) is 0.333. The molecule has 0 aromatic heterocycles. The van der Waals surface area contributed by atoms with Crippen molar-refractivity contribution < 1.29 is 17.9 Å². The lowest BCUT2D eigenvalue weighted by molar-refractivity contribution is -0.122. The zero-order valence-corrected chi connectivity index (χ0v) is 17.9. The van der Waals surface area contributed by atoms with Crippen LogP contribution in [0, 0.1) is 13.8 Å². The molecule has 0 bridgehead atoms. The first kappa shape index (κ1) is 21.4. The van der Waals surface area contributed by atoms with Crippen molar-refractivity contribution in [2.24, 2.45) is 0 Å². The zero-order chi connectivity index (χ0) is 21.7. The lowest BCUT2D eigenvalue weighted by atomic mass is 10.1. The molecule has 3 rings (SSSR count). The van der Waals surface area contributed by atoms with Crippen molar-refractivity contribution in [1.29, 1.82) is 0 Å². The molecule has 1 atom stereocenters. The van der Waals surface area contributed by atoms with E-state index in [4.69, 9.17) is 4.74 Å². The van der Waals surface area contributed by atoms with Crippen LogP contribution in [0.3, 0.4) is 0 Å². The zero-order valence-electron chi connectivity index (χ0n) is 17.0. The Bertz CT molecular complexity index is 1130. The van der Waals surface area contributed by atoms with Gasteiger partial charge in [0.2, 0.25) is 0 Å². The first-order chi connectivity index (χ1) is 14.2. The van der Waals surface area contributed by atoms with Gasteiger partial charge in [-0.05, 0) is 74.4 Å². The highest BCUT2D eigenvalue weighted by Crippen LogP contribution is 2.22. The van der Waals surface area contributed by atoms with E-state index < -0.39 is 16.1 Å². The summed E-state index contributed by atoms with van der Waals surface area (Å²) in [6.45, 7) is 5.54. The monoisotopic (exact) mass is 424 g/mol. The van der Waals surface area contributed by atoms with Crippen LogP contribution in [0.1, 0.15) is 18.1 Å². The molecule has 0 unspecified atom stereocenters. The van der Waals surface area contributed by atoms with Crippen LogP contribution in [0.25, 0.3) is 0 Å². The van der Waals surface area contributed by atoms with E-state index in [1.807, 2.05) is 32.0 Å². The lowest BCUT2D eigenvalue weighted by Gasteiger charge is -2.17. The summed E-state index contributed by atoms with van der Waals surface area (Å²) in [7, 11) is -3.71. The fourth-order valence-electron chi connectivity index (χ4n) is 2.76. The van der Waals surface area contributed by atoms with Gasteiger partial charge in [-0.3, -0.25) is 9.52 Å². The molecule has 0 saturated heterocycles. The van der Waals surface area contributed by atoms with Crippen LogP contribution >= 0.6 is 0 Å². The Balaban J connectivity index is 1.64. The fourth-order valence-corrected chi connectivity index (χ4v) is 3.82. The van der Waals surface area contributed by atoms with E-state index in [0.717, 1.165) is 11.1 Å². The minimum atomic E-state index is -3.71. The maximum atomic E-state index is 12.5. The number of benzene rings is 3. The number of hydrogen-bond acceptors (Lipinski definition) is 4. The second-order valence-electron chi connectivity index (χ2n) is 7.01. The second kappa shape index (κ2) is 9.00. The second-order valence-corrected chi connectivity index (χ2v) is 8.70. The van der Waals surface area contributed by atoms with Crippen molar-refractivity contribution in [3.63, 3.8) is 0 Å². The third-order valence-electron chi connectivity index (χ3n) is 4.47. The average Bonchev–Trinajstić information content (AvgIpc) is 2.71. The van der Waals surface area contributed by atoms with E-state index in [-0.39, 0.29) is 10.8 Å². The van der Waals surface area contributed by atoms with Gasteiger partial charge >= 0.3 is 0 Å². The summed E-state index contributed by atoms with van der Waals surface area (Å²) in [6, 6.07) is 20.4. The molecule has 3 aromatic rings. The topological polar surface area (TPSA) is 84.5 Å². The Labute approximate surface area is 177 Å². The van der Waals surface area contributed by atoms with Crippen molar-refractivity contribution in [3.8, 4) is 5.75 Å². The van der Waals surface area contributed by atoms with Crippen molar-refractivity contribution in [2.75, 3.05) is 10.0 Å². The van der Waals surface area contributed by atoms with Gasteiger partial charge in [-0.2, -0.15) is 0 Å². The highest BCUT2D eigenvalue weighted by molar-refractivity contribution is 7.92. The van der Waals surface area contributed by atoms with Crippen LogP contribution < -0.4 is 14.8 Å². The number of carbonyl (C=O) groups excluding carboxylic acids is 1. The molecule has 7 heteroatoms. The largest absolute Gasteiger partial charge is 0.481 e. The molecular weight excluding hydrogens is 400 g/mol. The molecule has 6 nitrogen and oxygen atoms in total. The van der Waals surface area contributed by atoms with Crippen molar-refractivity contribution in [2.45, 2.75) is 31.8 Å². The summed E-state index contributed by atoms with van der Waals surface area (Å²) in [4.78, 5) is 12.6. The number of amides is 1. The van der Waals surface area contributed by atoms with Gasteiger partial charge in [-0.1, -0.05) is 30.3 Å². The number of hydrogen-bond donors (Lipinski definition) is 2. The molecule has 0 aliphatic carbocycles. The molecule has 0 fully saturated rings. The standard InChI is InChI=1S/C23H24N2O4S/c1-16-9-10-17(2)22(15-16)29-18(3)23(26)24-19-11-13-21(14-12-19)30(27,28)25-20-7-5-4-6-8-20/h4-15,18,25H,1-3H3,(H,24,26)/t18-/m1/s1. The summed E-state index contributed by atoms with van der Waals surface area (Å²) in [5.41, 5.74) is 2.95. The predicted octanol–water partition coefficient (Wildman–Crippen LogP) is 4.51. The number of nitrogens with one attached hydrogen (secondary N) is 2. The molecule has 0 spiro atoms. The molecule has 0 aliphatic rings. The summed E-state index contributed by atoms with van der Waals surface area (Å²) in [5, 5.41) is 2.75. The molecule has 3 aromatic carbocycles. The maximum Gasteiger partial charge on any atom is 0.265 e. The van der Waals surface area contributed by atoms with Crippen LogP contribution in [-0.2, 0) is 14.8 Å². The maximum absolute atomic E-state index is 12.5. The van der Waals surface area contributed by atoms with E-state index in [0.29, 0.717) is 17.1 Å². The van der Waals surface area contributed by atoms with Gasteiger partial charge in [0.15, 0.2) is 6.10 Å². The van der Waals surface area contributed by atoms with E-state index in [2.05, 4.69) is 10.0 Å². The first-order valence-corrected chi connectivity index (χ1v) is 11.0. The van der Waals surface area contributed by atoms with Crippen LogP contribution in [0.4, 0.5) is 11.4 Å². The number of sulfonamides is 1. The third kappa shape index (κ3) is 5.39. The molecule has 156 valence electrons. The number of ether oxygens (including phenoxy) is 1. The molecule has 0 aliphatic heterocycles. The Morgan fingerprint density at radius 2 is 1.57 bits per heavy atom. The number of carbonyl (C=O) groups is 1. The highest BCUT2D eigenvalue weighted by atomic mass is 32.2. The Hall–Kier alpha value is -3.32. The molecule has 2 N–H and O–H groups in total. The van der Waals surface area contributed by atoms with Crippen molar-refractivity contribution in [1.82, 2.24) is 0 Å². The Morgan fingerprint density at radius 3 is 2.23 bits per heavy atom. The van der Waals surface area contributed by atoms with Gasteiger partial charge in [0.25, 0.3) is 15.9 Å². The van der Waals surface area contributed by atoms with E-state index in [1.54, 1.807) is 49.4 Å². The van der Waals surface area contributed by atoms with Crippen molar-refractivity contribution >= 4 is 27.3 Å². The highest BCUT2D eigenvalue weighted by Gasteiger charge is 2.17. The Morgan fingerprint density at radius 1 is 0.900 bits per heavy atom. The van der Waals surface area contributed by atoms with Crippen molar-refractivity contribution in [3.05, 3.63) is 83.9 Å². The minimum Gasteiger partial charge on any atom is -0.481 e. The van der Waals surface area contributed by atoms with Gasteiger partial charge in [0.05, 0.1) is 4.90 Å². The van der Waals surface area contributed by atoms with Crippen LogP contribution in [-0.4, -0.2) is 20.4 Å². The smallest absolute Gasteiger partial charge is 0.265 e. The number of para-hydroxylation sites is 1. The lowest BCUT2D eigenvalue weighted by Crippen LogP contribution is -2.30. The number of rotatable bonds is 7. The Kier molecular flexibility index (Phi) is 6.42. The van der Waals surface area contributed by atoms with E-state index in [1.165, 1.54) is 12.1 Å². The fraction of sp³-hybridized carbons (Fsp3) is 0.174. The molecule has 1 amide bonds. The summed E-state index contributed by atoms with van der Waals surface area (Å²) in [6.07, 6.45) is -0.714. The molecule has 0 saturated carbocycles. The van der Waals surface area contributed by atoms with Gasteiger partial charge in [-0.15, -0.1) is 0 Å². The van der Waals surface area contributed by atoms with Gasteiger partial charge in [-0.25, -0.2) is 8.42 Å². The minimum absolute atomic E-state index is 0.101. The number of anilines is 2. The van der Waals surface area contributed by atoms with Crippen LogP contribution in [0.15, 0.2) is 77.7 Å². The molecule has 0 radical (unpaired) electrons. The van der Waals surface area contributed by atoms with Gasteiger partial charge in [0.1, 0.15) is 5.75 Å². The number of aryl methyl sites for hydroxylation is 2. The quantitative estimate of drug-likeness (QED) is 0.584.